The van der Waals surface area contributed by atoms with Crippen LogP contribution in [0.2, 0.25) is 0 Å². The van der Waals surface area contributed by atoms with Crippen LogP contribution in [0.3, 0.4) is 0 Å². The van der Waals surface area contributed by atoms with Crippen LogP contribution in [-0.4, -0.2) is 27.7 Å². The summed E-state index contributed by atoms with van der Waals surface area (Å²) < 4.78 is 7.05. The maximum Gasteiger partial charge on any atom is 0.0774 e. The Kier molecular flexibility index (Phi) is 3.39. The molecule has 1 heterocycles. The van der Waals surface area contributed by atoms with E-state index >= 15 is 0 Å². The van der Waals surface area contributed by atoms with Crippen molar-refractivity contribution in [3.05, 3.63) is 11.9 Å². The minimum atomic E-state index is -0.151. The van der Waals surface area contributed by atoms with Crippen molar-refractivity contribution in [2.24, 2.45) is 12.8 Å². The molecule has 0 aliphatic rings. The lowest BCUT2D eigenvalue weighted by Crippen LogP contribution is -2.22. The van der Waals surface area contributed by atoms with E-state index in [2.05, 4.69) is 10.3 Å². The number of hydrogen-bond donors (Lipinski definition) is 1. The normalized spacial score (nSPS) is 13.6. The second-order valence-electron chi connectivity index (χ2n) is 3.27. The van der Waals surface area contributed by atoms with Gasteiger partial charge in [0.25, 0.3) is 0 Å². The summed E-state index contributed by atoms with van der Waals surface area (Å²) in [6.45, 7) is 4.46. The average Bonchev–Trinajstić information content (AvgIpc) is 2.47. The van der Waals surface area contributed by atoms with Crippen LogP contribution in [0.1, 0.15) is 25.6 Å². The summed E-state index contributed by atoms with van der Waals surface area (Å²) in [6, 6.07) is -0.151. The number of ether oxygens (including phenoxy) is 1. The van der Waals surface area contributed by atoms with E-state index in [4.69, 9.17) is 10.5 Å². The molecule has 1 aromatic heterocycles. The van der Waals surface area contributed by atoms with E-state index in [0.29, 0.717) is 6.61 Å². The molecule has 0 saturated carbocycles. The summed E-state index contributed by atoms with van der Waals surface area (Å²) in [6.07, 6.45) is 1.86. The van der Waals surface area contributed by atoms with E-state index in [1.807, 2.05) is 20.9 Å². The van der Waals surface area contributed by atoms with Crippen molar-refractivity contribution in [3.63, 3.8) is 0 Å². The van der Waals surface area contributed by atoms with Crippen LogP contribution in [-0.2, 0) is 11.8 Å². The molecular formula is C8H16N4O. The van der Waals surface area contributed by atoms with Crippen LogP contribution in [0.15, 0.2) is 6.20 Å². The highest BCUT2D eigenvalue weighted by Crippen LogP contribution is 2.07. The van der Waals surface area contributed by atoms with E-state index in [1.54, 1.807) is 10.9 Å². The first-order valence-corrected chi connectivity index (χ1v) is 4.33. The Balaban J connectivity index is 2.49. The van der Waals surface area contributed by atoms with Crippen molar-refractivity contribution in [1.29, 1.82) is 0 Å². The molecule has 0 aliphatic carbocycles. The van der Waals surface area contributed by atoms with Crippen molar-refractivity contribution in [2.75, 3.05) is 6.61 Å². The quantitative estimate of drug-likeness (QED) is 0.728. The maximum atomic E-state index is 5.86. The molecule has 1 unspecified atom stereocenters. The summed E-state index contributed by atoms with van der Waals surface area (Å²) in [7, 11) is 1.82. The highest BCUT2D eigenvalue weighted by molar-refractivity contribution is 5.00. The molecule has 0 aliphatic heterocycles. The van der Waals surface area contributed by atoms with E-state index in [9.17, 15) is 0 Å². The van der Waals surface area contributed by atoms with Crippen molar-refractivity contribution in [2.45, 2.75) is 26.0 Å². The zero-order valence-electron chi connectivity index (χ0n) is 8.27. The molecular weight excluding hydrogens is 168 g/mol. The van der Waals surface area contributed by atoms with Gasteiger partial charge in [-0.3, -0.25) is 4.68 Å². The fraction of sp³-hybridized carbons (Fsp3) is 0.750. The second-order valence-corrected chi connectivity index (χ2v) is 3.27. The van der Waals surface area contributed by atoms with Gasteiger partial charge in [-0.1, -0.05) is 5.21 Å². The first-order chi connectivity index (χ1) is 6.11. The van der Waals surface area contributed by atoms with Crippen LogP contribution < -0.4 is 5.73 Å². The van der Waals surface area contributed by atoms with Gasteiger partial charge in [0.2, 0.25) is 0 Å². The van der Waals surface area contributed by atoms with Gasteiger partial charge in [0.1, 0.15) is 0 Å². The van der Waals surface area contributed by atoms with Crippen LogP contribution >= 0.6 is 0 Å². The Hall–Kier alpha value is -0.940. The average molecular weight is 184 g/mol. The van der Waals surface area contributed by atoms with E-state index in [1.165, 1.54) is 0 Å². The first kappa shape index (κ1) is 10.1. The molecule has 0 bridgehead atoms. The minimum Gasteiger partial charge on any atom is -0.377 e. The molecule has 13 heavy (non-hydrogen) atoms. The van der Waals surface area contributed by atoms with Gasteiger partial charge in [0.05, 0.1) is 30.6 Å². The van der Waals surface area contributed by atoms with Crippen molar-refractivity contribution < 1.29 is 4.74 Å². The Morgan fingerprint density at radius 2 is 2.31 bits per heavy atom. The van der Waals surface area contributed by atoms with Gasteiger partial charge in [0, 0.05) is 7.05 Å². The summed E-state index contributed by atoms with van der Waals surface area (Å²) in [5.41, 5.74) is 6.75. The SMILES string of the molecule is CC(C)OCC(N)c1cnnn1C. The predicted molar refractivity (Wildman–Crippen MR) is 49.0 cm³/mol. The van der Waals surface area contributed by atoms with Crippen molar-refractivity contribution >= 4 is 0 Å². The third kappa shape index (κ3) is 2.78. The van der Waals surface area contributed by atoms with Crippen LogP contribution in [0, 0.1) is 0 Å². The Morgan fingerprint density at radius 1 is 1.62 bits per heavy atom. The van der Waals surface area contributed by atoms with Crippen LogP contribution in [0.25, 0.3) is 0 Å². The van der Waals surface area contributed by atoms with Gasteiger partial charge in [-0.15, -0.1) is 5.10 Å². The molecule has 2 N–H and O–H groups in total. The predicted octanol–water partition coefficient (Wildman–Crippen LogP) is 0.240. The molecule has 0 amide bonds. The first-order valence-electron chi connectivity index (χ1n) is 4.33. The smallest absolute Gasteiger partial charge is 0.0774 e. The number of aromatic nitrogens is 3. The number of aryl methyl sites for hydroxylation is 1. The molecule has 0 saturated heterocycles. The zero-order valence-corrected chi connectivity index (χ0v) is 8.27. The summed E-state index contributed by atoms with van der Waals surface area (Å²) in [5, 5.41) is 7.54. The summed E-state index contributed by atoms with van der Waals surface area (Å²) in [4.78, 5) is 0. The monoisotopic (exact) mass is 184 g/mol. The maximum absolute atomic E-state index is 5.86. The third-order valence-corrected chi connectivity index (χ3v) is 1.74. The Labute approximate surface area is 77.9 Å². The minimum absolute atomic E-state index is 0.151. The number of nitrogens with zero attached hydrogens (tertiary/aromatic N) is 3. The van der Waals surface area contributed by atoms with E-state index in [-0.39, 0.29) is 12.1 Å². The van der Waals surface area contributed by atoms with Crippen LogP contribution in [0.4, 0.5) is 0 Å². The van der Waals surface area contributed by atoms with Gasteiger partial charge in [-0.05, 0) is 13.8 Å². The highest BCUT2D eigenvalue weighted by atomic mass is 16.5. The van der Waals surface area contributed by atoms with Gasteiger partial charge in [-0.2, -0.15) is 0 Å². The molecule has 0 radical (unpaired) electrons. The lowest BCUT2D eigenvalue weighted by atomic mass is 10.2. The lowest BCUT2D eigenvalue weighted by molar-refractivity contribution is 0.0670. The third-order valence-electron chi connectivity index (χ3n) is 1.74. The fourth-order valence-electron chi connectivity index (χ4n) is 1.01. The number of rotatable bonds is 4. The van der Waals surface area contributed by atoms with Crippen LogP contribution in [0.5, 0.6) is 0 Å². The lowest BCUT2D eigenvalue weighted by Gasteiger charge is -2.13. The second kappa shape index (κ2) is 4.34. The molecule has 1 aromatic rings. The molecule has 5 heteroatoms. The van der Waals surface area contributed by atoms with E-state index < -0.39 is 0 Å². The van der Waals surface area contributed by atoms with Crippen molar-refractivity contribution in [3.8, 4) is 0 Å². The standard InChI is InChI=1S/C8H16N4O/c1-6(2)13-5-7(9)8-4-10-11-12(8)3/h4,6-7H,5,9H2,1-3H3. The molecule has 1 atom stereocenters. The van der Waals surface area contributed by atoms with Gasteiger partial charge in [0.15, 0.2) is 0 Å². The fourth-order valence-corrected chi connectivity index (χ4v) is 1.01. The van der Waals surface area contributed by atoms with E-state index in [0.717, 1.165) is 5.69 Å². The number of hydrogen-bond acceptors (Lipinski definition) is 4. The molecule has 74 valence electrons. The molecule has 1 rings (SSSR count). The summed E-state index contributed by atoms with van der Waals surface area (Å²) in [5.74, 6) is 0. The summed E-state index contributed by atoms with van der Waals surface area (Å²) >= 11 is 0. The zero-order chi connectivity index (χ0) is 9.84. The Morgan fingerprint density at radius 3 is 2.77 bits per heavy atom. The largest absolute Gasteiger partial charge is 0.377 e. The van der Waals surface area contributed by atoms with Gasteiger partial charge in [-0.25, -0.2) is 0 Å². The molecule has 0 aromatic carbocycles. The number of nitrogens with two attached hydrogens (primary N) is 1. The molecule has 5 nitrogen and oxygen atoms in total. The van der Waals surface area contributed by atoms with Gasteiger partial charge >= 0.3 is 0 Å². The molecule has 0 fully saturated rings. The topological polar surface area (TPSA) is 66.0 Å². The molecule has 0 spiro atoms. The van der Waals surface area contributed by atoms with Gasteiger partial charge < -0.3 is 10.5 Å². The highest BCUT2D eigenvalue weighted by Gasteiger charge is 2.11. The van der Waals surface area contributed by atoms with Crippen molar-refractivity contribution in [1.82, 2.24) is 15.0 Å². The Bertz CT molecular complexity index is 258.